The van der Waals surface area contributed by atoms with Gasteiger partial charge in [-0.15, -0.1) is 0 Å². The number of aromatic hydroxyl groups is 1. The highest BCUT2D eigenvalue weighted by atomic mass is 35.5. The highest BCUT2D eigenvalue weighted by Crippen LogP contribution is 2.28. The number of rotatable bonds is 4. The van der Waals surface area contributed by atoms with E-state index in [-0.39, 0.29) is 12.0 Å². The third-order valence-corrected chi connectivity index (χ3v) is 4.35. The van der Waals surface area contributed by atoms with Crippen LogP contribution in [0.15, 0.2) is 30.9 Å². The first-order chi connectivity index (χ1) is 11.7. The first-order valence-corrected chi connectivity index (χ1v) is 8.10. The van der Waals surface area contributed by atoms with Gasteiger partial charge in [-0.1, -0.05) is 17.7 Å². The van der Waals surface area contributed by atoms with Gasteiger partial charge < -0.3 is 15.2 Å². The van der Waals surface area contributed by atoms with Gasteiger partial charge in [0.25, 0.3) is 0 Å². The molecule has 0 saturated carbocycles. The number of nitrogens with one attached hydrogen (secondary N) is 1. The van der Waals surface area contributed by atoms with Crippen LogP contribution in [0, 0.1) is 0 Å². The van der Waals surface area contributed by atoms with Gasteiger partial charge in [-0.05, 0) is 30.5 Å². The lowest BCUT2D eigenvalue weighted by Gasteiger charge is -2.11. The van der Waals surface area contributed by atoms with Gasteiger partial charge >= 0.3 is 0 Å². The van der Waals surface area contributed by atoms with Crippen molar-refractivity contribution in [2.75, 3.05) is 11.9 Å². The van der Waals surface area contributed by atoms with Gasteiger partial charge in [0.15, 0.2) is 17.0 Å². The minimum atomic E-state index is -0.00587. The molecule has 124 valence electrons. The molecule has 24 heavy (non-hydrogen) atoms. The van der Waals surface area contributed by atoms with Crippen LogP contribution in [0.5, 0.6) is 5.75 Å². The summed E-state index contributed by atoms with van der Waals surface area (Å²) in [7, 11) is 0. The van der Waals surface area contributed by atoms with Crippen molar-refractivity contribution in [3.8, 4) is 5.75 Å². The number of imidazole rings is 1. The Bertz CT molecular complexity index is 876. The van der Waals surface area contributed by atoms with Crippen molar-refractivity contribution < 1.29 is 9.84 Å². The van der Waals surface area contributed by atoms with Gasteiger partial charge in [0.2, 0.25) is 0 Å². The molecule has 1 atom stereocenters. The molecule has 1 fully saturated rings. The van der Waals surface area contributed by atoms with E-state index in [1.807, 2.05) is 4.57 Å². The molecule has 3 aromatic rings. The van der Waals surface area contributed by atoms with Crippen LogP contribution in [0.3, 0.4) is 0 Å². The molecular formula is C16H16ClN5O2. The molecule has 0 bridgehead atoms. The Morgan fingerprint density at radius 2 is 2.25 bits per heavy atom. The number of hydrogen-bond acceptors (Lipinski definition) is 6. The summed E-state index contributed by atoms with van der Waals surface area (Å²) in [5.41, 5.74) is 2.39. The molecule has 7 nitrogen and oxygen atoms in total. The molecule has 3 heterocycles. The van der Waals surface area contributed by atoms with Gasteiger partial charge in [-0.3, -0.25) is 4.57 Å². The van der Waals surface area contributed by atoms with E-state index in [1.165, 1.54) is 6.33 Å². The first kappa shape index (κ1) is 15.2. The smallest absolute Gasteiger partial charge is 0.167 e. The molecule has 0 aliphatic carbocycles. The number of hydrogen-bond donors (Lipinski definition) is 2. The van der Waals surface area contributed by atoms with E-state index in [0.29, 0.717) is 22.9 Å². The number of fused-ring (bicyclic) bond motifs is 1. The van der Waals surface area contributed by atoms with E-state index in [9.17, 15) is 5.11 Å². The van der Waals surface area contributed by atoms with Gasteiger partial charge in [-0.25, -0.2) is 15.0 Å². The molecule has 1 aliphatic heterocycles. The molecule has 1 saturated heterocycles. The van der Waals surface area contributed by atoms with Crippen molar-refractivity contribution in [2.24, 2.45) is 0 Å². The Hall–Kier alpha value is -2.38. The lowest BCUT2D eigenvalue weighted by Crippen LogP contribution is -2.07. The second-order valence-electron chi connectivity index (χ2n) is 5.65. The molecule has 1 aromatic carbocycles. The monoisotopic (exact) mass is 345 g/mol. The Morgan fingerprint density at radius 1 is 1.33 bits per heavy atom. The number of anilines is 1. The number of nitrogens with zero attached hydrogens (tertiary/aromatic N) is 4. The summed E-state index contributed by atoms with van der Waals surface area (Å²) >= 11 is 5.93. The van der Waals surface area contributed by atoms with Crippen LogP contribution < -0.4 is 5.32 Å². The average Bonchev–Trinajstić information content (AvgIpc) is 3.24. The third kappa shape index (κ3) is 2.76. The van der Waals surface area contributed by atoms with Crippen LogP contribution in [-0.2, 0) is 11.3 Å². The lowest BCUT2D eigenvalue weighted by molar-refractivity contribution is 0.0593. The number of ether oxygens (including phenoxy) is 1. The van der Waals surface area contributed by atoms with E-state index in [1.54, 1.807) is 24.5 Å². The molecular weight excluding hydrogens is 330 g/mol. The van der Waals surface area contributed by atoms with Gasteiger partial charge in [0, 0.05) is 13.2 Å². The van der Waals surface area contributed by atoms with E-state index >= 15 is 0 Å². The Kier molecular flexibility index (Phi) is 3.95. The summed E-state index contributed by atoms with van der Waals surface area (Å²) in [5.74, 6) is 0.723. The highest BCUT2D eigenvalue weighted by molar-refractivity contribution is 6.32. The number of benzene rings is 1. The van der Waals surface area contributed by atoms with Gasteiger partial charge in [-0.2, -0.15) is 0 Å². The topological polar surface area (TPSA) is 85.1 Å². The van der Waals surface area contributed by atoms with E-state index in [2.05, 4.69) is 20.3 Å². The second-order valence-corrected chi connectivity index (χ2v) is 6.06. The fourth-order valence-corrected chi connectivity index (χ4v) is 3.02. The number of aromatic nitrogens is 4. The first-order valence-electron chi connectivity index (χ1n) is 7.73. The fraction of sp³-hybridized carbons (Fsp3) is 0.312. The summed E-state index contributed by atoms with van der Waals surface area (Å²) in [5, 5.41) is 13.0. The van der Waals surface area contributed by atoms with Gasteiger partial charge in [0.1, 0.15) is 18.3 Å². The number of halogens is 1. The zero-order chi connectivity index (χ0) is 16.5. The minimum Gasteiger partial charge on any atom is -0.506 e. The van der Waals surface area contributed by atoms with Crippen LogP contribution in [0.1, 0.15) is 24.6 Å². The van der Waals surface area contributed by atoms with Crippen LogP contribution in [-0.4, -0.2) is 31.2 Å². The summed E-state index contributed by atoms with van der Waals surface area (Å²) in [4.78, 5) is 13.1. The van der Waals surface area contributed by atoms with Crippen molar-refractivity contribution in [1.29, 1.82) is 0 Å². The normalized spacial score (nSPS) is 17.5. The molecule has 0 radical (unpaired) electrons. The van der Waals surface area contributed by atoms with Crippen LogP contribution in [0.2, 0.25) is 5.02 Å². The molecule has 0 spiro atoms. The maximum absolute atomic E-state index is 9.48. The van der Waals surface area contributed by atoms with Crippen molar-refractivity contribution in [2.45, 2.75) is 25.6 Å². The SMILES string of the molecule is Oc1ccc(CNc2ncnc3c2ncn3C2CCCO2)cc1Cl. The maximum Gasteiger partial charge on any atom is 0.167 e. The minimum absolute atomic E-state index is 0.00587. The third-order valence-electron chi connectivity index (χ3n) is 4.05. The second kappa shape index (κ2) is 6.26. The Balaban J connectivity index is 1.59. The molecule has 2 aromatic heterocycles. The summed E-state index contributed by atoms with van der Waals surface area (Å²) < 4.78 is 7.65. The number of phenolic OH excluding ortho intramolecular Hbond substituents is 1. The molecule has 8 heteroatoms. The predicted molar refractivity (Wildman–Crippen MR) is 90.0 cm³/mol. The summed E-state index contributed by atoms with van der Waals surface area (Å²) in [6, 6.07) is 5.09. The summed E-state index contributed by atoms with van der Waals surface area (Å²) in [6.45, 7) is 1.28. The molecule has 1 aliphatic rings. The summed E-state index contributed by atoms with van der Waals surface area (Å²) in [6.07, 6.45) is 5.26. The standard InChI is InChI=1S/C16H16ClN5O2/c17-11-6-10(3-4-12(11)23)7-18-15-14-16(20-8-19-15)22(9-21-14)13-2-1-5-24-13/h3-4,6,8-9,13,23H,1-2,5,7H2,(H,18,19,20). The highest BCUT2D eigenvalue weighted by Gasteiger charge is 2.21. The average molecular weight is 346 g/mol. The van der Waals surface area contributed by atoms with Gasteiger partial charge in [0.05, 0.1) is 11.3 Å². The quantitative estimate of drug-likeness (QED) is 0.755. The van der Waals surface area contributed by atoms with E-state index in [0.717, 1.165) is 30.7 Å². The molecule has 1 unspecified atom stereocenters. The van der Waals surface area contributed by atoms with E-state index < -0.39 is 0 Å². The fourth-order valence-electron chi connectivity index (χ4n) is 2.82. The zero-order valence-corrected chi connectivity index (χ0v) is 13.6. The van der Waals surface area contributed by atoms with Crippen molar-refractivity contribution in [3.05, 3.63) is 41.4 Å². The lowest BCUT2D eigenvalue weighted by atomic mass is 10.2. The molecule has 0 amide bonds. The Morgan fingerprint density at radius 3 is 3.04 bits per heavy atom. The molecule has 2 N–H and O–H groups in total. The maximum atomic E-state index is 9.48. The van der Waals surface area contributed by atoms with Crippen molar-refractivity contribution >= 4 is 28.6 Å². The predicted octanol–water partition coefficient (Wildman–Crippen LogP) is 3.11. The Labute approximate surface area is 143 Å². The van der Waals surface area contributed by atoms with E-state index in [4.69, 9.17) is 16.3 Å². The zero-order valence-electron chi connectivity index (χ0n) is 12.8. The van der Waals surface area contributed by atoms with Crippen LogP contribution in [0.25, 0.3) is 11.2 Å². The van der Waals surface area contributed by atoms with Crippen LogP contribution in [0.4, 0.5) is 5.82 Å². The van der Waals surface area contributed by atoms with Crippen molar-refractivity contribution in [1.82, 2.24) is 19.5 Å². The largest absolute Gasteiger partial charge is 0.506 e. The molecule has 4 rings (SSSR count). The van der Waals surface area contributed by atoms with Crippen molar-refractivity contribution in [3.63, 3.8) is 0 Å². The van der Waals surface area contributed by atoms with Crippen LogP contribution >= 0.6 is 11.6 Å². The number of phenols is 1.